The monoisotopic (exact) mass is 298 g/mol. The van der Waals surface area contributed by atoms with Gasteiger partial charge in [0.25, 0.3) is 0 Å². The minimum atomic E-state index is -0.469. The SMILES string of the molecule is NCC1(C(=O)NCc2cccc3ccccc23)CCOCC1. The molecule has 4 heteroatoms. The van der Waals surface area contributed by atoms with Gasteiger partial charge in [-0.05, 0) is 29.2 Å². The second-order valence-corrected chi connectivity index (χ2v) is 5.92. The lowest BCUT2D eigenvalue weighted by Gasteiger charge is -2.34. The smallest absolute Gasteiger partial charge is 0.227 e. The second-order valence-electron chi connectivity index (χ2n) is 5.92. The number of ether oxygens (including phenoxy) is 1. The van der Waals surface area contributed by atoms with Crippen LogP contribution in [0.25, 0.3) is 10.8 Å². The number of nitrogens with two attached hydrogens (primary N) is 1. The van der Waals surface area contributed by atoms with Crippen molar-refractivity contribution >= 4 is 16.7 Å². The lowest BCUT2D eigenvalue weighted by Crippen LogP contribution is -2.48. The van der Waals surface area contributed by atoms with Crippen molar-refractivity contribution in [2.75, 3.05) is 19.8 Å². The van der Waals surface area contributed by atoms with Gasteiger partial charge < -0.3 is 15.8 Å². The van der Waals surface area contributed by atoms with E-state index in [9.17, 15) is 4.79 Å². The van der Waals surface area contributed by atoms with Crippen LogP contribution < -0.4 is 11.1 Å². The molecule has 4 nitrogen and oxygen atoms in total. The molecule has 1 fully saturated rings. The van der Waals surface area contributed by atoms with Gasteiger partial charge in [-0.15, -0.1) is 0 Å². The van der Waals surface area contributed by atoms with Crippen LogP contribution in [-0.4, -0.2) is 25.7 Å². The third-order valence-corrected chi connectivity index (χ3v) is 4.64. The van der Waals surface area contributed by atoms with Crippen molar-refractivity contribution in [2.45, 2.75) is 19.4 Å². The van der Waals surface area contributed by atoms with Crippen molar-refractivity contribution in [1.82, 2.24) is 5.32 Å². The maximum Gasteiger partial charge on any atom is 0.227 e. The van der Waals surface area contributed by atoms with Crippen LogP contribution in [0.4, 0.5) is 0 Å². The molecule has 1 amide bonds. The molecule has 1 saturated heterocycles. The number of hydrogen-bond donors (Lipinski definition) is 2. The van der Waals surface area contributed by atoms with E-state index in [1.807, 2.05) is 18.2 Å². The first-order valence-electron chi connectivity index (χ1n) is 7.78. The lowest BCUT2D eigenvalue weighted by atomic mass is 9.79. The second kappa shape index (κ2) is 6.46. The molecule has 1 aliphatic rings. The van der Waals surface area contributed by atoms with Gasteiger partial charge in [0.2, 0.25) is 5.91 Å². The van der Waals surface area contributed by atoms with E-state index >= 15 is 0 Å². The van der Waals surface area contributed by atoms with Gasteiger partial charge >= 0.3 is 0 Å². The first-order valence-corrected chi connectivity index (χ1v) is 7.78. The Bertz CT molecular complexity index is 658. The Morgan fingerprint density at radius 3 is 2.64 bits per heavy atom. The molecule has 0 saturated carbocycles. The van der Waals surface area contributed by atoms with E-state index in [0.717, 1.165) is 5.56 Å². The Hall–Kier alpha value is -1.91. The highest BCUT2D eigenvalue weighted by atomic mass is 16.5. The molecule has 3 rings (SSSR count). The van der Waals surface area contributed by atoms with Crippen LogP contribution in [0.3, 0.4) is 0 Å². The third-order valence-electron chi connectivity index (χ3n) is 4.64. The standard InChI is InChI=1S/C18H22N2O2/c19-13-18(8-10-22-11-9-18)17(21)20-12-15-6-3-5-14-4-1-2-7-16(14)15/h1-7H,8-13,19H2,(H,20,21). The van der Waals surface area contributed by atoms with E-state index in [0.29, 0.717) is 39.1 Å². The van der Waals surface area contributed by atoms with Crippen LogP contribution in [0, 0.1) is 5.41 Å². The van der Waals surface area contributed by atoms with Crippen molar-refractivity contribution in [3.63, 3.8) is 0 Å². The summed E-state index contributed by atoms with van der Waals surface area (Å²) in [6, 6.07) is 14.4. The molecule has 0 radical (unpaired) electrons. The van der Waals surface area contributed by atoms with Gasteiger partial charge in [0.15, 0.2) is 0 Å². The van der Waals surface area contributed by atoms with E-state index in [2.05, 4.69) is 29.6 Å². The molecule has 2 aromatic carbocycles. The van der Waals surface area contributed by atoms with Gasteiger partial charge in [0.05, 0.1) is 5.41 Å². The lowest BCUT2D eigenvalue weighted by molar-refractivity contribution is -0.136. The van der Waals surface area contributed by atoms with Crippen LogP contribution >= 0.6 is 0 Å². The maximum atomic E-state index is 12.6. The van der Waals surface area contributed by atoms with Gasteiger partial charge in [0.1, 0.15) is 0 Å². The first kappa shape index (κ1) is 15.0. The van der Waals surface area contributed by atoms with Crippen molar-refractivity contribution in [3.8, 4) is 0 Å². The van der Waals surface area contributed by atoms with Crippen LogP contribution in [0.2, 0.25) is 0 Å². The molecule has 116 valence electrons. The summed E-state index contributed by atoms with van der Waals surface area (Å²) in [6.45, 7) is 2.12. The molecular weight excluding hydrogens is 276 g/mol. The van der Waals surface area contributed by atoms with Crippen LogP contribution in [0.1, 0.15) is 18.4 Å². The Morgan fingerprint density at radius 2 is 1.86 bits per heavy atom. The number of carbonyl (C=O) groups is 1. The largest absolute Gasteiger partial charge is 0.381 e. The molecule has 0 aliphatic carbocycles. The predicted molar refractivity (Wildman–Crippen MR) is 87.3 cm³/mol. The summed E-state index contributed by atoms with van der Waals surface area (Å²) < 4.78 is 5.36. The highest BCUT2D eigenvalue weighted by Gasteiger charge is 2.38. The highest BCUT2D eigenvalue weighted by Crippen LogP contribution is 2.29. The molecule has 0 aromatic heterocycles. The fourth-order valence-electron chi connectivity index (χ4n) is 3.10. The van der Waals surface area contributed by atoms with E-state index < -0.39 is 5.41 Å². The zero-order valence-corrected chi connectivity index (χ0v) is 12.7. The molecular formula is C18H22N2O2. The van der Waals surface area contributed by atoms with E-state index in [1.165, 1.54) is 10.8 Å². The Morgan fingerprint density at radius 1 is 1.14 bits per heavy atom. The van der Waals surface area contributed by atoms with Gasteiger partial charge in [-0.25, -0.2) is 0 Å². The van der Waals surface area contributed by atoms with E-state index in [1.54, 1.807) is 0 Å². The molecule has 22 heavy (non-hydrogen) atoms. The topological polar surface area (TPSA) is 64.4 Å². The summed E-state index contributed by atoms with van der Waals surface area (Å²) in [5.41, 5.74) is 6.54. The third kappa shape index (κ3) is 2.85. The molecule has 2 aromatic rings. The molecule has 0 bridgehead atoms. The highest BCUT2D eigenvalue weighted by molar-refractivity contribution is 5.87. The normalized spacial score (nSPS) is 17.3. The average molecular weight is 298 g/mol. The van der Waals surface area contributed by atoms with Crippen LogP contribution in [0.5, 0.6) is 0 Å². The number of hydrogen-bond acceptors (Lipinski definition) is 3. The minimum Gasteiger partial charge on any atom is -0.381 e. The quantitative estimate of drug-likeness (QED) is 0.909. The molecule has 3 N–H and O–H groups in total. The summed E-state index contributed by atoms with van der Waals surface area (Å²) >= 11 is 0. The van der Waals surface area contributed by atoms with Gasteiger partial charge in [-0.2, -0.15) is 0 Å². The maximum absolute atomic E-state index is 12.6. The summed E-state index contributed by atoms with van der Waals surface area (Å²) in [5, 5.41) is 5.45. The zero-order chi connectivity index (χ0) is 15.4. The van der Waals surface area contributed by atoms with Gasteiger partial charge in [0, 0.05) is 26.3 Å². The fraction of sp³-hybridized carbons (Fsp3) is 0.389. The van der Waals surface area contributed by atoms with Crippen molar-refractivity contribution in [3.05, 3.63) is 48.0 Å². The molecule has 1 aliphatic heterocycles. The first-order chi connectivity index (χ1) is 10.7. The number of nitrogens with one attached hydrogen (secondary N) is 1. The zero-order valence-electron chi connectivity index (χ0n) is 12.7. The van der Waals surface area contributed by atoms with Crippen LogP contribution in [-0.2, 0) is 16.1 Å². The number of rotatable bonds is 4. The summed E-state index contributed by atoms with van der Waals surface area (Å²) in [6.07, 6.45) is 1.40. The Labute approximate surface area is 130 Å². The van der Waals surface area contributed by atoms with Crippen molar-refractivity contribution in [2.24, 2.45) is 11.1 Å². The Kier molecular flexibility index (Phi) is 4.41. The van der Waals surface area contributed by atoms with Gasteiger partial charge in [-0.1, -0.05) is 42.5 Å². The van der Waals surface area contributed by atoms with E-state index in [4.69, 9.17) is 10.5 Å². The number of carbonyl (C=O) groups excluding carboxylic acids is 1. The predicted octanol–water partition coefficient (Wildman–Crippen LogP) is 2.21. The fourth-order valence-corrected chi connectivity index (χ4v) is 3.10. The molecule has 0 spiro atoms. The van der Waals surface area contributed by atoms with E-state index in [-0.39, 0.29) is 5.91 Å². The molecule has 0 atom stereocenters. The molecule has 0 unspecified atom stereocenters. The summed E-state index contributed by atoms with van der Waals surface area (Å²) in [4.78, 5) is 12.6. The van der Waals surface area contributed by atoms with Crippen molar-refractivity contribution in [1.29, 1.82) is 0 Å². The molecule has 1 heterocycles. The average Bonchev–Trinajstić information content (AvgIpc) is 2.60. The Balaban J connectivity index is 1.74. The minimum absolute atomic E-state index is 0.0474. The number of benzene rings is 2. The summed E-state index contributed by atoms with van der Waals surface area (Å²) in [5.74, 6) is 0.0474. The van der Waals surface area contributed by atoms with Crippen LogP contribution in [0.15, 0.2) is 42.5 Å². The summed E-state index contributed by atoms with van der Waals surface area (Å²) in [7, 11) is 0. The van der Waals surface area contributed by atoms with Gasteiger partial charge in [-0.3, -0.25) is 4.79 Å². The number of fused-ring (bicyclic) bond motifs is 1. The number of amides is 1. The van der Waals surface area contributed by atoms with Crippen molar-refractivity contribution < 1.29 is 9.53 Å².